The first-order valence-corrected chi connectivity index (χ1v) is 7.41. The van der Waals surface area contributed by atoms with Gasteiger partial charge in [-0.15, -0.1) is 0 Å². The van der Waals surface area contributed by atoms with Crippen molar-refractivity contribution < 1.29 is 9.31 Å². The van der Waals surface area contributed by atoms with Crippen molar-refractivity contribution in [1.29, 1.82) is 0 Å². The first-order valence-electron chi connectivity index (χ1n) is 7.41. The van der Waals surface area contributed by atoms with E-state index in [0.29, 0.717) is 5.92 Å². The van der Waals surface area contributed by atoms with Gasteiger partial charge in [0.2, 0.25) is 0 Å². The summed E-state index contributed by atoms with van der Waals surface area (Å²) in [6, 6.07) is 2.00. The summed E-state index contributed by atoms with van der Waals surface area (Å²) in [7, 11) is -0.358. The zero-order chi connectivity index (χ0) is 14.4. The Kier molecular flexibility index (Phi) is 3.29. The van der Waals surface area contributed by atoms with Crippen molar-refractivity contribution in [2.75, 3.05) is 0 Å². The van der Waals surface area contributed by atoms with Gasteiger partial charge in [0, 0.05) is 12.7 Å². The Labute approximate surface area is 121 Å². The van der Waals surface area contributed by atoms with Gasteiger partial charge < -0.3 is 9.31 Å². The average molecular weight is 274 g/mol. The van der Waals surface area contributed by atoms with Crippen LogP contribution >= 0.6 is 0 Å². The summed E-state index contributed by atoms with van der Waals surface area (Å²) in [6.45, 7) is 9.22. The molecule has 0 N–H and O–H groups in total. The number of nitrogens with zero attached hydrogens (tertiary/aromatic N) is 2. The fraction of sp³-hybridized carbons (Fsp3) is 0.667. The van der Waals surface area contributed by atoms with Crippen molar-refractivity contribution in [3.05, 3.63) is 24.4 Å². The molecule has 1 aliphatic heterocycles. The predicted octanol–water partition coefficient (Wildman–Crippen LogP) is 2.15. The number of hydrogen-bond donors (Lipinski definition) is 0. The molecule has 1 fully saturated rings. The highest BCUT2D eigenvalue weighted by atomic mass is 16.7. The van der Waals surface area contributed by atoms with Crippen LogP contribution in [0.1, 0.15) is 40.5 Å². The molecule has 0 bridgehead atoms. The summed E-state index contributed by atoms with van der Waals surface area (Å²) in [5.74, 6) is 0.682. The van der Waals surface area contributed by atoms with Crippen LogP contribution in [-0.2, 0) is 15.9 Å². The lowest BCUT2D eigenvalue weighted by molar-refractivity contribution is 0.00578. The lowest BCUT2D eigenvalue weighted by atomic mass is 9.85. The zero-order valence-corrected chi connectivity index (χ0v) is 12.8. The van der Waals surface area contributed by atoms with E-state index in [4.69, 9.17) is 9.31 Å². The molecule has 108 valence electrons. The molecule has 20 heavy (non-hydrogen) atoms. The van der Waals surface area contributed by atoms with Gasteiger partial charge in [0.15, 0.2) is 0 Å². The van der Waals surface area contributed by atoms with Gasteiger partial charge in [-0.05, 0) is 52.5 Å². The largest absolute Gasteiger partial charge is 0.516 e. The van der Waals surface area contributed by atoms with E-state index in [0.717, 1.165) is 25.0 Å². The number of aromatic nitrogens is 2. The van der Waals surface area contributed by atoms with Crippen LogP contribution in [0.15, 0.2) is 24.4 Å². The molecule has 2 heterocycles. The molecule has 1 aliphatic carbocycles. The van der Waals surface area contributed by atoms with E-state index < -0.39 is 0 Å². The second kappa shape index (κ2) is 4.74. The molecule has 3 rings (SSSR count). The van der Waals surface area contributed by atoms with Crippen LogP contribution in [0.2, 0.25) is 0 Å². The van der Waals surface area contributed by atoms with Crippen LogP contribution in [0.3, 0.4) is 0 Å². The van der Waals surface area contributed by atoms with Crippen LogP contribution in [0.4, 0.5) is 0 Å². The third-order valence-electron chi connectivity index (χ3n) is 4.71. The van der Waals surface area contributed by atoms with E-state index in [2.05, 4.69) is 44.9 Å². The molecule has 1 aromatic rings. The number of rotatable bonds is 3. The minimum absolute atomic E-state index is 0.309. The molecule has 1 saturated heterocycles. The van der Waals surface area contributed by atoms with Crippen molar-refractivity contribution in [2.45, 2.75) is 58.3 Å². The molecular formula is C15H23BN2O2. The highest BCUT2D eigenvalue weighted by molar-refractivity contribution is 6.61. The minimum Gasteiger partial charge on any atom is -0.398 e. The van der Waals surface area contributed by atoms with Crippen LogP contribution in [0.5, 0.6) is 0 Å². The van der Waals surface area contributed by atoms with E-state index >= 15 is 0 Å². The smallest absolute Gasteiger partial charge is 0.398 e. The molecular weight excluding hydrogens is 251 g/mol. The van der Waals surface area contributed by atoms with Gasteiger partial charge in [0.25, 0.3) is 0 Å². The van der Waals surface area contributed by atoms with Gasteiger partial charge in [-0.3, -0.25) is 4.68 Å². The van der Waals surface area contributed by atoms with Gasteiger partial charge in [-0.2, -0.15) is 5.10 Å². The average Bonchev–Trinajstić information content (AvgIpc) is 3.02. The third kappa shape index (κ3) is 2.45. The Morgan fingerprint density at radius 1 is 1.20 bits per heavy atom. The van der Waals surface area contributed by atoms with Crippen molar-refractivity contribution in [1.82, 2.24) is 9.78 Å². The third-order valence-corrected chi connectivity index (χ3v) is 4.71. The Balaban J connectivity index is 1.68. The lowest BCUT2D eigenvalue weighted by Gasteiger charge is -2.32. The summed E-state index contributed by atoms with van der Waals surface area (Å²) in [6.07, 6.45) is 8.85. The van der Waals surface area contributed by atoms with Gasteiger partial charge in [-0.1, -0.05) is 12.2 Å². The van der Waals surface area contributed by atoms with Crippen molar-refractivity contribution in [3.8, 4) is 0 Å². The topological polar surface area (TPSA) is 36.3 Å². The maximum Gasteiger partial charge on any atom is 0.516 e. The van der Waals surface area contributed by atoms with Gasteiger partial charge in [0.05, 0.1) is 16.8 Å². The summed E-state index contributed by atoms with van der Waals surface area (Å²) in [5, 5.41) is 4.63. The predicted molar refractivity (Wildman–Crippen MR) is 79.8 cm³/mol. The quantitative estimate of drug-likeness (QED) is 0.626. The Morgan fingerprint density at radius 2 is 1.80 bits per heavy atom. The molecule has 4 nitrogen and oxygen atoms in total. The first kappa shape index (κ1) is 13.9. The second-order valence-corrected chi connectivity index (χ2v) is 6.86. The maximum atomic E-state index is 6.02. The van der Waals surface area contributed by atoms with E-state index in [1.165, 1.54) is 0 Å². The lowest BCUT2D eigenvalue weighted by Crippen LogP contribution is -2.41. The zero-order valence-electron chi connectivity index (χ0n) is 12.8. The molecule has 2 aliphatic rings. The second-order valence-electron chi connectivity index (χ2n) is 6.86. The molecule has 0 atom stereocenters. The van der Waals surface area contributed by atoms with Gasteiger partial charge in [-0.25, -0.2) is 0 Å². The fourth-order valence-corrected chi connectivity index (χ4v) is 2.66. The highest BCUT2D eigenvalue weighted by Gasteiger charge is 2.52. The Hall–Kier alpha value is -1.07. The van der Waals surface area contributed by atoms with Crippen molar-refractivity contribution >= 4 is 12.7 Å². The normalized spacial score (nSPS) is 24.7. The Morgan fingerprint density at radius 3 is 2.40 bits per heavy atom. The summed E-state index contributed by atoms with van der Waals surface area (Å²) < 4.78 is 14.1. The van der Waals surface area contributed by atoms with Crippen LogP contribution < -0.4 is 5.59 Å². The molecule has 0 aromatic carbocycles. The molecule has 5 heteroatoms. The molecule has 0 unspecified atom stereocenters. The van der Waals surface area contributed by atoms with E-state index in [-0.39, 0.29) is 18.3 Å². The molecule has 0 radical (unpaired) electrons. The summed E-state index contributed by atoms with van der Waals surface area (Å²) >= 11 is 0. The first-order chi connectivity index (χ1) is 9.37. The van der Waals surface area contributed by atoms with E-state index in [9.17, 15) is 0 Å². The number of hydrogen-bond acceptors (Lipinski definition) is 3. The SMILES string of the molecule is CC1(C)OB(c2ccn(CC3CC=CC3)n2)OC1(C)C. The molecule has 0 spiro atoms. The van der Waals surface area contributed by atoms with Crippen molar-refractivity contribution in [3.63, 3.8) is 0 Å². The summed E-state index contributed by atoms with van der Waals surface area (Å²) in [5.41, 5.74) is 0.253. The van der Waals surface area contributed by atoms with E-state index in [1.807, 2.05) is 16.9 Å². The van der Waals surface area contributed by atoms with E-state index in [1.54, 1.807) is 0 Å². The van der Waals surface area contributed by atoms with Gasteiger partial charge >= 0.3 is 7.12 Å². The standard InChI is InChI=1S/C15H23BN2O2/c1-14(2)15(3,4)20-16(19-14)13-9-10-18(17-13)11-12-7-5-6-8-12/h5-6,9-10,12H,7-8,11H2,1-4H3. The maximum absolute atomic E-state index is 6.02. The molecule has 1 aromatic heterocycles. The van der Waals surface area contributed by atoms with Crippen molar-refractivity contribution in [2.24, 2.45) is 5.92 Å². The number of allylic oxidation sites excluding steroid dienone is 2. The highest BCUT2D eigenvalue weighted by Crippen LogP contribution is 2.36. The van der Waals surface area contributed by atoms with Crippen LogP contribution in [0, 0.1) is 5.92 Å². The van der Waals surface area contributed by atoms with Crippen LogP contribution in [0.25, 0.3) is 0 Å². The molecule has 0 saturated carbocycles. The fourth-order valence-electron chi connectivity index (χ4n) is 2.66. The van der Waals surface area contributed by atoms with Crippen LogP contribution in [-0.4, -0.2) is 28.1 Å². The molecule has 0 amide bonds. The van der Waals surface area contributed by atoms with Gasteiger partial charge in [0.1, 0.15) is 0 Å². The Bertz CT molecular complexity index is 498. The minimum atomic E-state index is -0.358. The monoisotopic (exact) mass is 274 g/mol. The summed E-state index contributed by atoms with van der Waals surface area (Å²) in [4.78, 5) is 0.